The van der Waals surface area contributed by atoms with Crippen LogP contribution in [-0.4, -0.2) is 35.3 Å². The highest BCUT2D eigenvalue weighted by molar-refractivity contribution is 7.10. The first kappa shape index (κ1) is 22.5. The van der Waals surface area contributed by atoms with Crippen LogP contribution < -0.4 is 10.2 Å². The monoisotopic (exact) mass is 465 g/mol. The Kier molecular flexibility index (Phi) is 6.69. The molecule has 0 spiro atoms. The average Bonchev–Trinajstić information content (AvgIpc) is 3.52. The Morgan fingerprint density at radius 3 is 2.61 bits per heavy atom. The molecule has 3 amide bonds. The van der Waals surface area contributed by atoms with Gasteiger partial charge in [0.15, 0.2) is 6.61 Å². The zero-order valence-corrected chi connectivity index (χ0v) is 18.8. The van der Waals surface area contributed by atoms with Gasteiger partial charge in [-0.3, -0.25) is 24.5 Å². The van der Waals surface area contributed by atoms with Gasteiger partial charge in [0.25, 0.3) is 11.8 Å². The molecule has 2 atom stereocenters. The van der Waals surface area contributed by atoms with Crippen molar-refractivity contribution in [2.45, 2.75) is 25.8 Å². The SMILES string of the molecule is Cc1ccc(N2C(=O)CC[C@@H](C(=O)OCC(=O)NC(=O)c3ccc[nH]3)[C@H]2c2cccs2)cc1. The van der Waals surface area contributed by atoms with Crippen molar-refractivity contribution in [1.29, 1.82) is 0 Å². The van der Waals surface area contributed by atoms with Gasteiger partial charge in [-0.25, -0.2) is 0 Å². The van der Waals surface area contributed by atoms with Crippen molar-refractivity contribution < 1.29 is 23.9 Å². The van der Waals surface area contributed by atoms with E-state index in [1.54, 1.807) is 17.2 Å². The predicted octanol–water partition coefficient (Wildman–Crippen LogP) is 3.37. The fourth-order valence-electron chi connectivity index (χ4n) is 3.88. The van der Waals surface area contributed by atoms with Crippen molar-refractivity contribution >= 4 is 40.7 Å². The number of amides is 3. The molecule has 9 heteroatoms. The second kappa shape index (κ2) is 9.83. The highest BCUT2D eigenvalue weighted by atomic mass is 32.1. The zero-order valence-electron chi connectivity index (χ0n) is 17.9. The fourth-order valence-corrected chi connectivity index (χ4v) is 4.76. The quantitative estimate of drug-likeness (QED) is 0.543. The molecule has 4 rings (SSSR count). The minimum absolute atomic E-state index is 0.0735. The number of nitrogens with zero attached hydrogens (tertiary/aromatic N) is 1. The third kappa shape index (κ3) is 5.04. The lowest BCUT2D eigenvalue weighted by atomic mass is 9.87. The Hall–Kier alpha value is -3.72. The lowest BCUT2D eigenvalue weighted by molar-refractivity contribution is -0.154. The molecular weight excluding hydrogens is 442 g/mol. The highest BCUT2D eigenvalue weighted by Gasteiger charge is 2.43. The van der Waals surface area contributed by atoms with Crippen LogP contribution in [0.4, 0.5) is 5.69 Å². The number of benzene rings is 1. The van der Waals surface area contributed by atoms with Gasteiger partial charge in [-0.2, -0.15) is 0 Å². The second-order valence-electron chi connectivity index (χ2n) is 7.77. The van der Waals surface area contributed by atoms with Gasteiger partial charge in [-0.05, 0) is 49.1 Å². The van der Waals surface area contributed by atoms with Crippen molar-refractivity contribution in [3.8, 4) is 0 Å². The molecule has 33 heavy (non-hydrogen) atoms. The van der Waals surface area contributed by atoms with E-state index in [2.05, 4.69) is 10.3 Å². The molecule has 8 nitrogen and oxygen atoms in total. The first-order chi connectivity index (χ1) is 15.9. The van der Waals surface area contributed by atoms with Gasteiger partial charge in [-0.1, -0.05) is 23.8 Å². The molecule has 2 aromatic heterocycles. The number of hydrogen-bond acceptors (Lipinski definition) is 6. The number of ether oxygens (including phenoxy) is 1. The van der Waals surface area contributed by atoms with Crippen LogP contribution in [0.5, 0.6) is 0 Å². The van der Waals surface area contributed by atoms with Crippen LogP contribution in [0.1, 0.15) is 39.8 Å². The molecule has 1 saturated heterocycles. The summed E-state index contributed by atoms with van der Waals surface area (Å²) in [4.78, 5) is 55.3. The third-order valence-corrected chi connectivity index (χ3v) is 6.43. The lowest BCUT2D eigenvalue weighted by Crippen LogP contribution is -2.46. The first-order valence-electron chi connectivity index (χ1n) is 10.5. The molecular formula is C24H23N3O5S. The van der Waals surface area contributed by atoms with E-state index in [9.17, 15) is 19.2 Å². The number of H-pyrrole nitrogens is 1. The van der Waals surface area contributed by atoms with Crippen molar-refractivity contribution in [2.24, 2.45) is 5.92 Å². The number of thiophene rings is 1. The van der Waals surface area contributed by atoms with Gasteiger partial charge >= 0.3 is 5.97 Å². The molecule has 0 bridgehead atoms. The molecule has 1 aliphatic heterocycles. The summed E-state index contributed by atoms with van der Waals surface area (Å²) in [6, 6.07) is 13.9. The first-order valence-corrected chi connectivity index (χ1v) is 11.4. The Bertz CT molecular complexity index is 1140. The smallest absolute Gasteiger partial charge is 0.311 e. The molecule has 0 unspecified atom stereocenters. The molecule has 2 N–H and O–H groups in total. The summed E-state index contributed by atoms with van der Waals surface area (Å²) in [6.45, 7) is 1.38. The fraction of sp³-hybridized carbons (Fsp3) is 0.250. The maximum atomic E-state index is 13.0. The van der Waals surface area contributed by atoms with E-state index in [1.165, 1.54) is 17.4 Å². The normalized spacial score (nSPS) is 18.1. The molecule has 3 heterocycles. The zero-order chi connectivity index (χ0) is 23.4. The van der Waals surface area contributed by atoms with E-state index in [1.807, 2.05) is 48.7 Å². The molecule has 0 aliphatic carbocycles. The van der Waals surface area contributed by atoms with E-state index in [-0.39, 0.29) is 18.0 Å². The van der Waals surface area contributed by atoms with Gasteiger partial charge < -0.3 is 14.6 Å². The molecule has 0 saturated carbocycles. The van der Waals surface area contributed by atoms with Crippen molar-refractivity contribution in [2.75, 3.05) is 11.5 Å². The number of aryl methyl sites for hydroxylation is 1. The van der Waals surface area contributed by atoms with E-state index in [4.69, 9.17) is 4.74 Å². The van der Waals surface area contributed by atoms with Crippen molar-refractivity contribution in [1.82, 2.24) is 10.3 Å². The number of aromatic amines is 1. The Morgan fingerprint density at radius 1 is 1.15 bits per heavy atom. The van der Waals surface area contributed by atoms with Gasteiger partial charge in [-0.15, -0.1) is 11.3 Å². The summed E-state index contributed by atoms with van der Waals surface area (Å²) >= 11 is 1.46. The van der Waals surface area contributed by atoms with Gasteiger partial charge in [0.1, 0.15) is 5.69 Å². The summed E-state index contributed by atoms with van der Waals surface area (Å²) in [5.74, 6) is -2.63. The standard InChI is InChI=1S/C24H23N3O5S/c1-15-6-8-16(9-7-15)27-21(29)11-10-17(22(27)19-5-3-13-33-19)24(31)32-14-20(28)26-23(30)18-4-2-12-25-18/h2-9,12-13,17,22,25H,10-11,14H2,1H3,(H,26,28,30)/t17-,22+/m1/s1. The number of rotatable bonds is 6. The van der Waals surface area contributed by atoms with Crippen LogP contribution in [-0.2, 0) is 19.1 Å². The summed E-state index contributed by atoms with van der Waals surface area (Å²) in [6.07, 6.45) is 2.06. The number of esters is 1. The number of carbonyl (C=O) groups excluding carboxylic acids is 4. The minimum Gasteiger partial charge on any atom is -0.455 e. The number of anilines is 1. The Morgan fingerprint density at radius 2 is 1.94 bits per heavy atom. The molecule has 170 valence electrons. The molecule has 0 radical (unpaired) electrons. The number of hydrogen-bond donors (Lipinski definition) is 2. The van der Waals surface area contributed by atoms with Crippen LogP contribution >= 0.6 is 11.3 Å². The van der Waals surface area contributed by atoms with E-state index in [0.717, 1.165) is 10.4 Å². The summed E-state index contributed by atoms with van der Waals surface area (Å²) < 4.78 is 5.28. The number of aromatic nitrogens is 1. The molecule has 1 aliphatic rings. The number of piperidine rings is 1. The maximum absolute atomic E-state index is 13.0. The van der Waals surface area contributed by atoms with Crippen molar-refractivity contribution in [3.63, 3.8) is 0 Å². The van der Waals surface area contributed by atoms with E-state index < -0.39 is 36.4 Å². The Labute approximate surface area is 194 Å². The number of carbonyl (C=O) groups is 4. The lowest BCUT2D eigenvalue weighted by Gasteiger charge is -2.39. The second-order valence-corrected chi connectivity index (χ2v) is 8.75. The predicted molar refractivity (Wildman–Crippen MR) is 123 cm³/mol. The van der Waals surface area contributed by atoms with Gasteiger partial charge in [0.2, 0.25) is 5.91 Å². The maximum Gasteiger partial charge on any atom is 0.311 e. The molecule has 1 aromatic carbocycles. The average molecular weight is 466 g/mol. The van der Waals surface area contributed by atoms with Crippen LogP contribution in [0.2, 0.25) is 0 Å². The topological polar surface area (TPSA) is 109 Å². The van der Waals surface area contributed by atoms with Crippen molar-refractivity contribution in [3.05, 3.63) is 76.2 Å². The van der Waals surface area contributed by atoms with Crippen LogP contribution in [0, 0.1) is 12.8 Å². The number of nitrogens with one attached hydrogen (secondary N) is 2. The van der Waals surface area contributed by atoms with Crippen LogP contribution in [0.25, 0.3) is 0 Å². The summed E-state index contributed by atoms with van der Waals surface area (Å²) in [5, 5.41) is 4.07. The Balaban J connectivity index is 1.49. The molecule has 1 fully saturated rings. The van der Waals surface area contributed by atoms with Crippen LogP contribution in [0.15, 0.2) is 60.1 Å². The number of imide groups is 1. The minimum atomic E-state index is -0.724. The van der Waals surface area contributed by atoms with E-state index >= 15 is 0 Å². The summed E-state index contributed by atoms with van der Waals surface area (Å²) in [7, 11) is 0. The van der Waals surface area contributed by atoms with Gasteiger partial charge in [0.05, 0.1) is 12.0 Å². The van der Waals surface area contributed by atoms with Gasteiger partial charge in [0, 0.05) is 23.2 Å². The highest BCUT2D eigenvalue weighted by Crippen LogP contribution is 2.42. The van der Waals surface area contributed by atoms with Crippen LogP contribution in [0.3, 0.4) is 0 Å². The third-order valence-electron chi connectivity index (χ3n) is 5.49. The molecule has 3 aromatic rings. The summed E-state index contributed by atoms with van der Waals surface area (Å²) in [5.41, 5.74) is 1.99. The van der Waals surface area contributed by atoms with E-state index in [0.29, 0.717) is 12.1 Å². The largest absolute Gasteiger partial charge is 0.455 e.